The largest absolute Gasteiger partial charge is 0.327 e. The van der Waals surface area contributed by atoms with Crippen molar-refractivity contribution >= 4 is 0 Å². The van der Waals surface area contributed by atoms with Crippen molar-refractivity contribution in [3.63, 3.8) is 0 Å². The second-order valence-corrected chi connectivity index (χ2v) is 4.85. The van der Waals surface area contributed by atoms with Crippen LogP contribution in [0.25, 0.3) is 0 Å². The zero-order chi connectivity index (χ0) is 10.3. The Labute approximate surface area is 85.3 Å². The second-order valence-electron chi connectivity index (χ2n) is 4.85. The van der Waals surface area contributed by atoms with E-state index in [4.69, 9.17) is 5.73 Å². The number of rotatable bonds is 2. The van der Waals surface area contributed by atoms with Crippen LogP contribution < -0.4 is 5.73 Å². The van der Waals surface area contributed by atoms with Crippen LogP contribution in [0.5, 0.6) is 0 Å². The van der Waals surface area contributed by atoms with Crippen molar-refractivity contribution < 1.29 is 0 Å². The maximum Gasteiger partial charge on any atom is 0.0524 e. The molecule has 1 heterocycles. The van der Waals surface area contributed by atoms with Gasteiger partial charge in [0.25, 0.3) is 0 Å². The molecule has 0 aliphatic heterocycles. The number of aromatic nitrogens is 2. The van der Waals surface area contributed by atoms with Crippen LogP contribution in [-0.4, -0.2) is 15.8 Å². The van der Waals surface area contributed by atoms with Gasteiger partial charge in [-0.1, -0.05) is 13.8 Å². The Balaban J connectivity index is 2.17. The molecule has 2 N–H and O–H groups in total. The number of nitrogens with two attached hydrogens (primary N) is 1. The zero-order valence-corrected chi connectivity index (χ0v) is 9.20. The molecule has 1 aliphatic carbocycles. The third kappa shape index (κ3) is 1.27. The summed E-state index contributed by atoms with van der Waals surface area (Å²) in [5, 5.41) is 4.30. The third-order valence-electron chi connectivity index (χ3n) is 3.72. The highest BCUT2D eigenvalue weighted by Crippen LogP contribution is 2.51. The van der Waals surface area contributed by atoms with Crippen molar-refractivity contribution in [3.8, 4) is 0 Å². The summed E-state index contributed by atoms with van der Waals surface area (Å²) in [5.41, 5.74) is 7.58. The molecule has 2 atom stereocenters. The second kappa shape index (κ2) is 3.09. The molecular formula is C11H19N3. The molecule has 1 aliphatic rings. The molecule has 1 aromatic rings. The van der Waals surface area contributed by atoms with E-state index in [0.717, 1.165) is 13.0 Å². The zero-order valence-electron chi connectivity index (χ0n) is 9.20. The van der Waals surface area contributed by atoms with E-state index < -0.39 is 0 Å². The molecule has 78 valence electrons. The fraction of sp³-hybridized carbons (Fsp3) is 0.727. The summed E-state index contributed by atoms with van der Waals surface area (Å²) >= 11 is 0. The Morgan fingerprint density at radius 2 is 2.36 bits per heavy atom. The molecule has 0 aromatic carbocycles. The molecular weight excluding hydrogens is 174 g/mol. The molecule has 1 fully saturated rings. The summed E-state index contributed by atoms with van der Waals surface area (Å²) in [5.74, 6) is 0.595. The van der Waals surface area contributed by atoms with E-state index in [9.17, 15) is 0 Å². The van der Waals surface area contributed by atoms with Gasteiger partial charge < -0.3 is 5.73 Å². The van der Waals surface area contributed by atoms with Crippen molar-refractivity contribution in [3.05, 3.63) is 18.0 Å². The summed E-state index contributed by atoms with van der Waals surface area (Å²) in [6.07, 6.45) is 5.24. The van der Waals surface area contributed by atoms with Gasteiger partial charge in [-0.15, -0.1) is 0 Å². The Kier molecular flexibility index (Phi) is 2.14. The fourth-order valence-corrected chi connectivity index (χ4v) is 2.26. The van der Waals surface area contributed by atoms with Gasteiger partial charge in [0.15, 0.2) is 0 Å². The van der Waals surface area contributed by atoms with Crippen LogP contribution in [-0.2, 0) is 6.54 Å². The maximum atomic E-state index is 6.00. The minimum atomic E-state index is 0.238. The highest BCUT2D eigenvalue weighted by atomic mass is 15.3. The van der Waals surface area contributed by atoms with Crippen molar-refractivity contribution in [1.29, 1.82) is 0 Å². The molecule has 3 nitrogen and oxygen atoms in total. The SMILES string of the molecule is CCn1cc(C2CC(N)C2(C)C)cn1. The van der Waals surface area contributed by atoms with Gasteiger partial charge in [0.1, 0.15) is 0 Å². The Morgan fingerprint density at radius 1 is 1.64 bits per heavy atom. The number of hydrogen-bond donors (Lipinski definition) is 1. The highest BCUT2D eigenvalue weighted by Gasteiger charge is 2.46. The Morgan fingerprint density at radius 3 is 2.79 bits per heavy atom. The molecule has 2 rings (SSSR count). The minimum absolute atomic E-state index is 0.238. The van der Waals surface area contributed by atoms with Crippen LogP contribution in [0.2, 0.25) is 0 Å². The van der Waals surface area contributed by atoms with Crippen molar-refractivity contribution in [2.75, 3.05) is 0 Å². The molecule has 3 heteroatoms. The smallest absolute Gasteiger partial charge is 0.0524 e. The minimum Gasteiger partial charge on any atom is -0.327 e. The maximum absolute atomic E-state index is 6.00. The van der Waals surface area contributed by atoms with Crippen molar-refractivity contribution in [2.45, 2.75) is 45.7 Å². The van der Waals surface area contributed by atoms with Crippen LogP contribution in [0.1, 0.15) is 38.7 Å². The Bertz CT molecular complexity index is 327. The number of nitrogens with zero attached hydrogens (tertiary/aromatic N) is 2. The summed E-state index contributed by atoms with van der Waals surface area (Å²) in [6.45, 7) is 7.54. The van der Waals surface area contributed by atoms with Gasteiger partial charge in [-0.2, -0.15) is 5.10 Å². The van der Waals surface area contributed by atoms with E-state index in [1.165, 1.54) is 5.56 Å². The standard InChI is InChI=1S/C11H19N3/c1-4-14-7-8(6-13-14)9-5-10(12)11(9,2)3/h6-7,9-10H,4-5,12H2,1-3H3. The van der Waals surface area contributed by atoms with Gasteiger partial charge in [-0.05, 0) is 30.2 Å². The number of aryl methyl sites for hydroxylation is 1. The summed E-state index contributed by atoms with van der Waals surface area (Å²) in [4.78, 5) is 0. The quantitative estimate of drug-likeness (QED) is 0.777. The van der Waals surface area contributed by atoms with E-state index in [1.54, 1.807) is 0 Å². The predicted octanol–water partition coefficient (Wildman–Crippen LogP) is 1.74. The molecule has 14 heavy (non-hydrogen) atoms. The van der Waals surface area contributed by atoms with Crippen LogP contribution in [0.3, 0.4) is 0 Å². The van der Waals surface area contributed by atoms with Crippen LogP contribution in [0, 0.1) is 5.41 Å². The molecule has 0 spiro atoms. The highest BCUT2D eigenvalue weighted by molar-refractivity contribution is 5.22. The monoisotopic (exact) mass is 193 g/mol. The van der Waals surface area contributed by atoms with E-state index in [-0.39, 0.29) is 5.41 Å². The lowest BCUT2D eigenvalue weighted by Crippen LogP contribution is -2.52. The van der Waals surface area contributed by atoms with Gasteiger partial charge in [-0.25, -0.2) is 0 Å². The molecule has 0 radical (unpaired) electrons. The molecule has 2 unspecified atom stereocenters. The molecule has 1 saturated carbocycles. The Hall–Kier alpha value is -0.830. The lowest BCUT2D eigenvalue weighted by molar-refractivity contribution is 0.0983. The van der Waals surface area contributed by atoms with E-state index in [0.29, 0.717) is 12.0 Å². The van der Waals surface area contributed by atoms with Crippen molar-refractivity contribution in [2.24, 2.45) is 11.1 Å². The molecule has 0 bridgehead atoms. The molecule has 1 aromatic heterocycles. The van der Waals surface area contributed by atoms with Gasteiger partial charge in [0.05, 0.1) is 6.20 Å². The first-order valence-corrected chi connectivity index (χ1v) is 5.33. The van der Waals surface area contributed by atoms with E-state index in [1.807, 2.05) is 10.9 Å². The first kappa shape index (κ1) is 9.71. The lowest BCUT2D eigenvalue weighted by Gasteiger charge is -2.50. The van der Waals surface area contributed by atoms with Gasteiger partial charge in [0, 0.05) is 18.8 Å². The normalized spacial score (nSPS) is 30.0. The van der Waals surface area contributed by atoms with Crippen molar-refractivity contribution in [1.82, 2.24) is 9.78 Å². The molecule has 0 saturated heterocycles. The predicted molar refractivity (Wildman–Crippen MR) is 57.0 cm³/mol. The lowest BCUT2D eigenvalue weighted by atomic mass is 9.57. The topological polar surface area (TPSA) is 43.8 Å². The summed E-state index contributed by atoms with van der Waals surface area (Å²) < 4.78 is 1.98. The molecule has 0 amide bonds. The summed E-state index contributed by atoms with van der Waals surface area (Å²) in [7, 11) is 0. The van der Waals surface area contributed by atoms with Crippen LogP contribution in [0.15, 0.2) is 12.4 Å². The first-order valence-electron chi connectivity index (χ1n) is 5.33. The van der Waals surface area contributed by atoms with E-state index in [2.05, 4.69) is 32.1 Å². The third-order valence-corrected chi connectivity index (χ3v) is 3.72. The van der Waals surface area contributed by atoms with Crippen LogP contribution >= 0.6 is 0 Å². The van der Waals surface area contributed by atoms with Gasteiger partial charge >= 0.3 is 0 Å². The number of hydrogen-bond acceptors (Lipinski definition) is 2. The first-order chi connectivity index (χ1) is 6.55. The fourth-order valence-electron chi connectivity index (χ4n) is 2.26. The average molecular weight is 193 g/mol. The van der Waals surface area contributed by atoms with Gasteiger partial charge in [-0.3, -0.25) is 4.68 Å². The average Bonchev–Trinajstić information content (AvgIpc) is 2.61. The van der Waals surface area contributed by atoms with Crippen LogP contribution in [0.4, 0.5) is 0 Å². The summed E-state index contributed by atoms with van der Waals surface area (Å²) in [6, 6.07) is 0.345. The van der Waals surface area contributed by atoms with E-state index >= 15 is 0 Å². The van der Waals surface area contributed by atoms with Gasteiger partial charge in [0.2, 0.25) is 0 Å².